The number of pyridine rings is 1. The van der Waals surface area contributed by atoms with Crippen LogP contribution < -0.4 is 17.2 Å². The fourth-order valence-electron chi connectivity index (χ4n) is 1.98. The van der Waals surface area contributed by atoms with E-state index in [1.54, 1.807) is 18.3 Å². The fourth-order valence-corrected chi connectivity index (χ4v) is 1.98. The third-order valence-corrected chi connectivity index (χ3v) is 2.79. The molecule has 0 radical (unpaired) electrons. The Kier molecular flexibility index (Phi) is 3.60. The smallest absolute Gasteiger partial charge is 0.223 e. The lowest BCUT2D eigenvalue weighted by molar-refractivity contribution is -0.481. The third kappa shape index (κ3) is 2.71. The lowest BCUT2D eigenvalue weighted by atomic mass is 9.93. The molecule has 2 aromatic heterocycles. The van der Waals surface area contributed by atoms with E-state index in [9.17, 15) is 10.1 Å². The normalized spacial score (nSPS) is 12.0. The van der Waals surface area contributed by atoms with E-state index >= 15 is 0 Å². The lowest BCUT2D eigenvalue weighted by Crippen LogP contribution is -2.19. The Morgan fingerprint density at radius 2 is 1.90 bits per heavy atom. The van der Waals surface area contributed by atoms with Crippen LogP contribution in [-0.4, -0.2) is 26.4 Å². The second-order valence-corrected chi connectivity index (χ2v) is 4.12. The van der Waals surface area contributed by atoms with E-state index in [-0.39, 0.29) is 17.6 Å². The molecule has 1 atom stereocenters. The molecule has 0 spiro atoms. The highest BCUT2D eigenvalue weighted by Crippen LogP contribution is 2.31. The number of anilines is 3. The van der Waals surface area contributed by atoms with Gasteiger partial charge in [-0.1, -0.05) is 6.07 Å². The molecule has 2 heterocycles. The largest absolute Gasteiger partial charge is 0.383 e. The minimum Gasteiger partial charge on any atom is -0.383 e. The summed E-state index contributed by atoms with van der Waals surface area (Å²) in [5, 5.41) is 10.9. The predicted molar refractivity (Wildman–Crippen MR) is 73.2 cm³/mol. The molecule has 6 N–H and O–H groups in total. The summed E-state index contributed by atoms with van der Waals surface area (Å²) in [5.74, 6) is -0.689. The summed E-state index contributed by atoms with van der Waals surface area (Å²) in [4.78, 5) is 22.0. The predicted octanol–water partition coefficient (Wildman–Crippen LogP) is 0.0268. The first-order valence-electron chi connectivity index (χ1n) is 5.69. The minimum absolute atomic E-state index is 0.0331. The Balaban J connectivity index is 2.55. The van der Waals surface area contributed by atoms with Gasteiger partial charge in [-0.05, 0) is 11.6 Å². The zero-order chi connectivity index (χ0) is 14.7. The van der Waals surface area contributed by atoms with Gasteiger partial charge in [0.05, 0.1) is 11.5 Å². The van der Waals surface area contributed by atoms with Crippen molar-refractivity contribution in [1.29, 1.82) is 0 Å². The van der Waals surface area contributed by atoms with E-state index in [4.69, 9.17) is 17.2 Å². The van der Waals surface area contributed by atoms with Crippen LogP contribution in [0, 0.1) is 10.1 Å². The standard InChI is InChI=1S/C11H13N7O2/c12-9-8(10(13)17-11(14)16-9)7(5-18(19)20)6-2-1-3-15-4-6/h1-4,7H,5H2,(H6,12,13,14,16,17). The van der Waals surface area contributed by atoms with Crippen LogP contribution in [0.15, 0.2) is 24.5 Å². The van der Waals surface area contributed by atoms with Crippen LogP contribution in [0.2, 0.25) is 0 Å². The van der Waals surface area contributed by atoms with Gasteiger partial charge in [0.1, 0.15) is 11.6 Å². The minimum atomic E-state index is -0.681. The average molecular weight is 275 g/mol. The van der Waals surface area contributed by atoms with Gasteiger partial charge in [-0.2, -0.15) is 9.97 Å². The number of rotatable bonds is 4. The molecule has 104 valence electrons. The molecule has 0 aromatic carbocycles. The molecular weight excluding hydrogens is 262 g/mol. The number of nitrogens with zero attached hydrogens (tertiary/aromatic N) is 4. The van der Waals surface area contributed by atoms with Crippen molar-refractivity contribution >= 4 is 17.6 Å². The molecule has 1 unspecified atom stereocenters. The Morgan fingerprint density at radius 3 is 2.40 bits per heavy atom. The first-order chi connectivity index (χ1) is 9.49. The molecule has 0 saturated carbocycles. The van der Waals surface area contributed by atoms with E-state index in [0.717, 1.165) is 0 Å². The van der Waals surface area contributed by atoms with Crippen molar-refractivity contribution in [3.63, 3.8) is 0 Å². The Morgan fingerprint density at radius 1 is 1.25 bits per heavy atom. The van der Waals surface area contributed by atoms with Crippen molar-refractivity contribution in [2.24, 2.45) is 0 Å². The van der Waals surface area contributed by atoms with Crippen LogP contribution >= 0.6 is 0 Å². The van der Waals surface area contributed by atoms with Crippen LogP contribution in [0.4, 0.5) is 17.6 Å². The SMILES string of the molecule is Nc1nc(N)c(C(C[N+](=O)[O-])c2cccnc2)c(N)n1. The number of hydrogen-bond donors (Lipinski definition) is 3. The van der Waals surface area contributed by atoms with Gasteiger partial charge in [0, 0.05) is 17.3 Å². The van der Waals surface area contributed by atoms with Crippen molar-refractivity contribution < 1.29 is 4.92 Å². The van der Waals surface area contributed by atoms with Gasteiger partial charge in [0.25, 0.3) is 0 Å². The highest BCUT2D eigenvalue weighted by molar-refractivity contribution is 5.59. The van der Waals surface area contributed by atoms with Crippen LogP contribution in [0.5, 0.6) is 0 Å². The second kappa shape index (κ2) is 5.34. The zero-order valence-corrected chi connectivity index (χ0v) is 10.4. The zero-order valence-electron chi connectivity index (χ0n) is 10.4. The summed E-state index contributed by atoms with van der Waals surface area (Å²) < 4.78 is 0. The van der Waals surface area contributed by atoms with Crippen molar-refractivity contribution in [1.82, 2.24) is 15.0 Å². The van der Waals surface area contributed by atoms with E-state index in [1.165, 1.54) is 6.20 Å². The summed E-state index contributed by atoms with van der Waals surface area (Å²) in [6.45, 7) is -0.395. The molecule has 20 heavy (non-hydrogen) atoms. The Labute approximate surface area is 114 Å². The van der Waals surface area contributed by atoms with Crippen LogP contribution in [0.25, 0.3) is 0 Å². The summed E-state index contributed by atoms with van der Waals surface area (Å²) in [6.07, 6.45) is 3.09. The second-order valence-electron chi connectivity index (χ2n) is 4.12. The highest BCUT2D eigenvalue weighted by atomic mass is 16.6. The molecule has 0 bridgehead atoms. The first-order valence-corrected chi connectivity index (χ1v) is 5.69. The first kappa shape index (κ1) is 13.5. The van der Waals surface area contributed by atoms with Gasteiger partial charge in [0.15, 0.2) is 0 Å². The quantitative estimate of drug-likeness (QED) is 0.520. The summed E-state index contributed by atoms with van der Waals surface area (Å²) in [5.41, 5.74) is 17.9. The van der Waals surface area contributed by atoms with Crippen LogP contribution in [-0.2, 0) is 0 Å². The third-order valence-electron chi connectivity index (χ3n) is 2.79. The summed E-state index contributed by atoms with van der Waals surface area (Å²) >= 11 is 0. The van der Waals surface area contributed by atoms with E-state index in [2.05, 4.69) is 15.0 Å². The Hall–Kier alpha value is -2.97. The number of nitro groups is 1. The van der Waals surface area contributed by atoms with E-state index < -0.39 is 17.4 Å². The van der Waals surface area contributed by atoms with Crippen molar-refractivity contribution in [2.75, 3.05) is 23.7 Å². The van der Waals surface area contributed by atoms with Crippen molar-refractivity contribution in [2.45, 2.75) is 5.92 Å². The number of hydrogen-bond acceptors (Lipinski definition) is 8. The molecular formula is C11H13N7O2. The number of aromatic nitrogens is 3. The molecule has 9 heteroatoms. The van der Waals surface area contributed by atoms with E-state index in [1.807, 2.05) is 0 Å². The van der Waals surface area contributed by atoms with Crippen LogP contribution in [0.1, 0.15) is 17.0 Å². The van der Waals surface area contributed by atoms with Crippen LogP contribution in [0.3, 0.4) is 0 Å². The van der Waals surface area contributed by atoms with Crippen molar-refractivity contribution in [3.8, 4) is 0 Å². The maximum absolute atomic E-state index is 10.9. The monoisotopic (exact) mass is 275 g/mol. The number of nitrogens with two attached hydrogens (primary N) is 3. The Bertz CT molecular complexity index is 609. The molecule has 9 nitrogen and oxygen atoms in total. The maximum Gasteiger partial charge on any atom is 0.223 e. The van der Waals surface area contributed by atoms with Gasteiger partial charge >= 0.3 is 0 Å². The van der Waals surface area contributed by atoms with Gasteiger partial charge < -0.3 is 17.2 Å². The van der Waals surface area contributed by atoms with Crippen molar-refractivity contribution in [3.05, 3.63) is 45.8 Å². The van der Waals surface area contributed by atoms with Gasteiger partial charge in [-0.25, -0.2) is 0 Å². The lowest BCUT2D eigenvalue weighted by Gasteiger charge is -2.16. The van der Waals surface area contributed by atoms with Gasteiger partial charge in [-0.15, -0.1) is 0 Å². The molecule has 0 aliphatic carbocycles. The highest BCUT2D eigenvalue weighted by Gasteiger charge is 2.26. The summed E-state index contributed by atoms with van der Waals surface area (Å²) in [6, 6.07) is 3.38. The molecule has 2 rings (SSSR count). The average Bonchev–Trinajstić information content (AvgIpc) is 2.37. The molecule has 0 saturated heterocycles. The van der Waals surface area contributed by atoms with Gasteiger partial charge in [0.2, 0.25) is 12.5 Å². The fraction of sp³-hybridized carbons (Fsp3) is 0.182. The molecule has 0 aliphatic rings. The number of nitrogen functional groups attached to an aromatic ring is 3. The molecule has 2 aromatic rings. The summed E-state index contributed by atoms with van der Waals surface area (Å²) in [7, 11) is 0. The molecule has 0 fully saturated rings. The maximum atomic E-state index is 10.9. The van der Waals surface area contributed by atoms with Gasteiger partial charge in [-0.3, -0.25) is 15.1 Å². The molecule has 0 aliphatic heterocycles. The molecule has 0 amide bonds. The topological polar surface area (TPSA) is 160 Å². The van der Waals surface area contributed by atoms with E-state index in [0.29, 0.717) is 11.1 Å².